The van der Waals surface area contributed by atoms with Gasteiger partial charge < -0.3 is 14.2 Å². The van der Waals surface area contributed by atoms with Gasteiger partial charge in [0.05, 0.1) is 0 Å². The quantitative estimate of drug-likeness (QED) is 0.0347. The van der Waals surface area contributed by atoms with Crippen molar-refractivity contribution in [2.24, 2.45) is 5.92 Å². The van der Waals surface area contributed by atoms with Gasteiger partial charge in [0.1, 0.15) is 13.2 Å². The minimum atomic E-state index is -0.760. The molecule has 6 heteroatoms. The van der Waals surface area contributed by atoms with E-state index in [9.17, 15) is 14.4 Å². The van der Waals surface area contributed by atoms with Crippen LogP contribution in [-0.4, -0.2) is 37.2 Å². The van der Waals surface area contributed by atoms with E-state index in [-0.39, 0.29) is 31.1 Å². The lowest BCUT2D eigenvalue weighted by Crippen LogP contribution is -2.30. The van der Waals surface area contributed by atoms with Crippen molar-refractivity contribution in [3.8, 4) is 0 Å². The summed E-state index contributed by atoms with van der Waals surface area (Å²) in [6.45, 7) is 8.93. The number of ether oxygens (including phenoxy) is 3. The fourth-order valence-corrected chi connectivity index (χ4v) is 7.51. The van der Waals surface area contributed by atoms with Crippen molar-refractivity contribution in [3.63, 3.8) is 0 Å². The van der Waals surface area contributed by atoms with Gasteiger partial charge in [-0.3, -0.25) is 14.4 Å². The van der Waals surface area contributed by atoms with Gasteiger partial charge >= 0.3 is 17.9 Å². The molecular formula is C50H96O6. The van der Waals surface area contributed by atoms with Crippen molar-refractivity contribution in [1.29, 1.82) is 0 Å². The first-order valence-corrected chi connectivity index (χ1v) is 24.9. The number of hydrogen-bond donors (Lipinski definition) is 0. The molecule has 0 spiro atoms. The molecule has 0 amide bonds. The summed E-state index contributed by atoms with van der Waals surface area (Å²) < 4.78 is 16.7. The van der Waals surface area contributed by atoms with Crippen LogP contribution in [0.1, 0.15) is 278 Å². The SMILES string of the molecule is CCCCCCCCCCCCCCCCCCCCCC(=O)OC[C@H](COC(=O)CCCCCCCCC(C)C)OC(=O)CCCCCCCCCCCC. The molecule has 56 heavy (non-hydrogen) atoms. The van der Waals surface area contributed by atoms with Crippen LogP contribution in [0.3, 0.4) is 0 Å². The lowest BCUT2D eigenvalue weighted by Gasteiger charge is -2.18. The molecule has 0 aliphatic rings. The number of unbranched alkanes of at least 4 members (excludes halogenated alkanes) is 32. The van der Waals surface area contributed by atoms with Gasteiger partial charge in [-0.1, -0.05) is 240 Å². The van der Waals surface area contributed by atoms with E-state index in [0.717, 1.165) is 63.7 Å². The molecule has 0 bridgehead atoms. The lowest BCUT2D eigenvalue weighted by molar-refractivity contribution is -0.167. The smallest absolute Gasteiger partial charge is 0.306 e. The van der Waals surface area contributed by atoms with Crippen LogP contribution >= 0.6 is 0 Å². The molecule has 0 rings (SSSR count). The Hall–Kier alpha value is -1.59. The molecule has 0 N–H and O–H groups in total. The molecule has 6 nitrogen and oxygen atoms in total. The van der Waals surface area contributed by atoms with Crippen molar-refractivity contribution >= 4 is 17.9 Å². The number of carbonyl (C=O) groups is 3. The minimum Gasteiger partial charge on any atom is -0.462 e. The molecule has 0 aliphatic carbocycles. The second-order valence-corrected chi connectivity index (χ2v) is 17.6. The van der Waals surface area contributed by atoms with Crippen molar-refractivity contribution < 1.29 is 28.6 Å². The Morgan fingerprint density at radius 2 is 0.589 bits per heavy atom. The maximum absolute atomic E-state index is 12.7. The fourth-order valence-electron chi connectivity index (χ4n) is 7.51. The van der Waals surface area contributed by atoms with Crippen LogP contribution in [0.5, 0.6) is 0 Å². The monoisotopic (exact) mass is 793 g/mol. The van der Waals surface area contributed by atoms with Crippen LogP contribution in [0, 0.1) is 5.92 Å². The molecule has 332 valence electrons. The van der Waals surface area contributed by atoms with Crippen molar-refractivity contribution in [3.05, 3.63) is 0 Å². The average Bonchev–Trinajstić information content (AvgIpc) is 3.18. The first kappa shape index (κ1) is 54.4. The van der Waals surface area contributed by atoms with E-state index in [1.807, 2.05) is 0 Å². The molecule has 0 radical (unpaired) electrons. The third-order valence-electron chi connectivity index (χ3n) is 11.3. The number of carbonyl (C=O) groups excluding carboxylic acids is 3. The summed E-state index contributed by atoms with van der Waals surface area (Å²) in [5.74, 6) is -0.0919. The van der Waals surface area contributed by atoms with Crippen molar-refractivity contribution in [2.45, 2.75) is 284 Å². The predicted molar refractivity (Wildman–Crippen MR) is 238 cm³/mol. The topological polar surface area (TPSA) is 78.9 Å². The Balaban J connectivity index is 4.18. The number of hydrogen-bond acceptors (Lipinski definition) is 6. The molecule has 0 unspecified atom stereocenters. The van der Waals surface area contributed by atoms with Gasteiger partial charge in [-0.05, 0) is 25.2 Å². The zero-order valence-electron chi connectivity index (χ0n) is 38.1. The summed E-state index contributed by atoms with van der Waals surface area (Å²) in [4.78, 5) is 37.7. The van der Waals surface area contributed by atoms with E-state index >= 15 is 0 Å². The van der Waals surface area contributed by atoms with Crippen LogP contribution in [0.25, 0.3) is 0 Å². The fraction of sp³-hybridized carbons (Fsp3) is 0.940. The summed E-state index contributed by atoms with van der Waals surface area (Å²) in [5, 5.41) is 0. The van der Waals surface area contributed by atoms with E-state index in [4.69, 9.17) is 14.2 Å². The summed E-state index contributed by atoms with van der Waals surface area (Å²) >= 11 is 0. The Morgan fingerprint density at radius 3 is 0.875 bits per heavy atom. The second-order valence-electron chi connectivity index (χ2n) is 17.6. The summed E-state index contributed by atoms with van der Waals surface area (Å²) in [6.07, 6.45) is 45.4. The Kier molecular flexibility index (Phi) is 43.2. The van der Waals surface area contributed by atoms with Crippen LogP contribution in [0.15, 0.2) is 0 Å². The second kappa shape index (κ2) is 44.5. The lowest BCUT2D eigenvalue weighted by atomic mass is 10.0. The van der Waals surface area contributed by atoms with Gasteiger partial charge in [0.25, 0.3) is 0 Å². The molecule has 1 atom stereocenters. The van der Waals surface area contributed by atoms with E-state index in [1.54, 1.807) is 0 Å². The highest BCUT2D eigenvalue weighted by molar-refractivity contribution is 5.71. The number of rotatable bonds is 45. The van der Waals surface area contributed by atoms with Gasteiger partial charge in [0, 0.05) is 19.3 Å². The number of esters is 3. The third-order valence-corrected chi connectivity index (χ3v) is 11.3. The van der Waals surface area contributed by atoms with Crippen molar-refractivity contribution in [2.75, 3.05) is 13.2 Å². The zero-order chi connectivity index (χ0) is 41.0. The Bertz CT molecular complexity index is 841. The van der Waals surface area contributed by atoms with Gasteiger partial charge in [0.2, 0.25) is 0 Å². The maximum Gasteiger partial charge on any atom is 0.306 e. The van der Waals surface area contributed by atoms with Crippen LogP contribution in [-0.2, 0) is 28.6 Å². The molecule has 0 aliphatic heterocycles. The van der Waals surface area contributed by atoms with Crippen LogP contribution in [0.4, 0.5) is 0 Å². The molecule has 0 aromatic carbocycles. The maximum atomic E-state index is 12.7. The first-order valence-electron chi connectivity index (χ1n) is 24.9. The van der Waals surface area contributed by atoms with E-state index in [2.05, 4.69) is 27.7 Å². The van der Waals surface area contributed by atoms with Gasteiger partial charge in [0.15, 0.2) is 6.10 Å². The molecule has 0 heterocycles. The minimum absolute atomic E-state index is 0.0641. The first-order chi connectivity index (χ1) is 27.4. The van der Waals surface area contributed by atoms with Gasteiger partial charge in [-0.25, -0.2) is 0 Å². The van der Waals surface area contributed by atoms with Crippen LogP contribution in [0.2, 0.25) is 0 Å². The molecule has 0 aromatic heterocycles. The Labute approximate surface area is 348 Å². The molecule has 0 saturated heterocycles. The summed E-state index contributed by atoms with van der Waals surface area (Å²) in [5.41, 5.74) is 0. The predicted octanol–water partition coefficient (Wildman–Crippen LogP) is 15.9. The third kappa shape index (κ3) is 43.5. The van der Waals surface area contributed by atoms with E-state index < -0.39 is 6.10 Å². The molecular weight excluding hydrogens is 697 g/mol. The molecule has 0 aromatic rings. The molecule has 0 saturated carbocycles. The van der Waals surface area contributed by atoms with E-state index in [0.29, 0.717) is 19.3 Å². The van der Waals surface area contributed by atoms with E-state index in [1.165, 1.54) is 173 Å². The average molecular weight is 793 g/mol. The Morgan fingerprint density at radius 1 is 0.339 bits per heavy atom. The highest BCUT2D eigenvalue weighted by Crippen LogP contribution is 2.17. The highest BCUT2D eigenvalue weighted by Gasteiger charge is 2.19. The standard InChI is InChI=1S/C50H96O6/c1-5-7-9-11-13-15-17-18-19-20-21-22-23-24-25-27-28-33-37-41-48(51)54-44-47(45-55-49(52)42-38-34-31-30-32-36-40-46(3)4)56-50(53)43-39-35-29-26-16-14-12-10-8-6-2/h46-47H,5-45H2,1-4H3/t47-/m1/s1. The summed E-state index contributed by atoms with van der Waals surface area (Å²) in [7, 11) is 0. The zero-order valence-corrected chi connectivity index (χ0v) is 38.1. The largest absolute Gasteiger partial charge is 0.462 e. The summed E-state index contributed by atoms with van der Waals surface area (Å²) in [6, 6.07) is 0. The van der Waals surface area contributed by atoms with Crippen LogP contribution < -0.4 is 0 Å². The highest BCUT2D eigenvalue weighted by atomic mass is 16.6. The van der Waals surface area contributed by atoms with Gasteiger partial charge in [-0.2, -0.15) is 0 Å². The normalized spacial score (nSPS) is 11.9. The van der Waals surface area contributed by atoms with Gasteiger partial charge in [-0.15, -0.1) is 0 Å². The molecule has 0 fully saturated rings. The van der Waals surface area contributed by atoms with Crippen molar-refractivity contribution in [1.82, 2.24) is 0 Å².